The molecule has 0 N–H and O–H groups in total. The fourth-order valence-corrected chi connectivity index (χ4v) is 3.79. The van der Waals surface area contributed by atoms with E-state index >= 15 is 0 Å². The number of alkyl halides is 4. The summed E-state index contributed by atoms with van der Waals surface area (Å²) in [6.45, 7) is 0.629. The van der Waals surface area contributed by atoms with E-state index in [1.165, 1.54) is 19.4 Å². The average Bonchev–Trinajstić information content (AvgIpc) is 3.15. The number of carbonyl (C=O) groups is 1. The molecule has 0 unspecified atom stereocenters. The van der Waals surface area contributed by atoms with E-state index in [2.05, 4.69) is 9.97 Å². The van der Waals surface area contributed by atoms with Crippen LogP contribution in [0, 0.1) is 0 Å². The summed E-state index contributed by atoms with van der Waals surface area (Å²) in [6.07, 6.45) is -4.64. The van der Waals surface area contributed by atoms with Crippen molar-refractivity contribution in [3.63, 3.8) is 0 Å². The average molecular weight is 450 g/mol. The number of aryl methyl sites for hydroxylation is 1. The van der Waals surface area contributed by atoms with E-state index in [1.807, 2.05) is 0 Å². The van der Waals surface area contributed by atoms with Crippen LogP contribution in [0.5, 0.6) is 5.75 Å². The fourth-order valence-electron chi connectivity index (χ4n) is 3.79. The molecule has 10 heteroatoms. The molecule has 6 nitrogen and oxygen atoms in total. The minimum absolute atomic E-state index is 0.192. The SMILES string of the molecule is COc1ccc(-n2c(CCC(F)(F)F)nc3cc(C(=O)N4CCC(F)CC4)cnc32)cc1. The van der Waals surface area contributed by atoms with E-state index in [-0.39, 0.29) is 36.6 Å². The highest BCUT2D eigenvalue weighted by Gasteiger charge is 2.29. The van der Waals surface area contributed by atoms with Gasteiger partial charge < -0.3 is 9.64 Å². The molecule has 1 amide bonds. The molecule has 32 heavy (non-hydrogen) atoms. The van der Waals surface area contributed by atoms with Gasteiger partial charge in [0.25, 0.3) is 5.91 Å². The molecule has 170 valence electrons. The predicted octanol–water partition coefficient (Wildman–Crippen LogP) is 4.50. The first-order valence-corrected chi connectivity index (χ1v) is 10.3. The first-order chi connectivity index (χ1) is 15.2. The molecule has 2 aromatic heterocycles. The number of hydrogen-bond acceptors (Lipinski definition) is 4. The van der Waals surface area contributed by atoms with Crippen LogP contribution < -0.4 is 4.74 Å². The van der Waals surface area contributed by atoms with Crippen LogP contribution >= 0.6 is 0 Å². The van der Waals surface area contributed by atoms with Gasteiger partial charge in [0, 0.05) is 31.4 Å². The summed E-state index contributed by atoms with van der Waals surface area (Å²) >= 11 is 0. The lowest BCUT2D eigenvalue weighted by Crippen LogP contribution is -2.39. The van der Waals surface area contributed by atoms with Crippen LogP contribution in [0.1, 0.15) is 35.4 Å². The molecule has 1 saturated heterocycles. The third-order valence-corrected chi connectivity index (χ3v) is 5.49. The lowest BCUT2D eigenvalue weighted by molar-refractivity contribution is -0.134. The second-order valence-electron chi connectivity index (χ2n) is 7.71. The Bertz CT molecular complexity index is 1100. The third-order valence-electron chi connectivity index (χ3n) is 5.49. The van der Waals surface area contributed by atoms with Gasteiger partial charge in [-0.2, -0.15) is 13.2 Å². The van der Waals surface area contributed by atoms with Gasteiger partial charge in [-0.05, 0) is 43.2 Å². The zero-order chi connectivity index (χ0) is 22.9. The van der Waals surface area contributed by atoms with Crippen molar-refractivity contribution < 1.29 is 27.1 Å². The van der Waals surface area contributed by atoms with Crippen LogP contribution in [-0.2, 0) is 6.42 Å². The molecule has 0 atom stereocenters. The number of pyridine rings is 1. The number of hydrogen-bond donors (Lipinski definition) is 0. The summed E-state index contributed by atoms with van der Waals surface area (Å²) in [6, 6.07) is 8.34. The van der Waals surface area contributed by atoms with E-state index in [4.69, 9.17) is 4.74 Å². The minimum atomic E-state index is -4.33. The third kappa shape index (κ3) is 4.68. The van der Waals surface area contributed by atoms with E-state index < -0.39 is 18.8 Å². The molecule has 0 radical (unpaired) electrons. The number of ether oxygens (including phenoxy) is 1. The number of halogens is 4. The van der Waals surface area contributed by atoms with Crippen LogP contribution in [0.15, 0.2) is 36.5 Å². The van der Waals surface area contributed by atoms with Crippen molar-refractivity contribution in [1.82, 2.24) is 19.4 Å². The Kier molecular flexibility index (Phi) is 6.03. The number of piperidine rings is 1. The maximum Gasteiger partial charge on any atom is 0.389 e. The maximum absolute atomic E-state index is 13.4. The Morgan fingerprint density at radius 2 is 1.88 bits per heavy atom. The molecule has 0 bridgehead atoms. The Labute approximate surface area is 181 Å². The molecule has 0 spiro atoms. The van der Waals surface area contributed by atoms with E-state index in [0.717, 1.165) is 0 Å². The molecule has 4 rings (SSSR count). The fraction of sp³-hybridized carbons (Fsp3) is 0.409. The number of rotatable bonds is 5. The topological polar surface area (TPSA) is 60.3 Å². The Morgan fingerprint density at radius 1 is 1.19 bits per heavy atom. The van der Waals surface area contributed by atoms with Crippen molar-refractivity contribution in [2.75, 3.05) is 20.2 Å². The molecular weight excluding hydrogens is 428 g/mol. The van der Waals surface area contributed by atoms with Crippen molar-refractivity contribution in [2.24, 2.45) is 0 Å². The Morgan fingerprint density at radius 3 is 2.50 bits per heavy atom. The number of carbonyl (C=O) groups excluding carboxylic acids is 1. The smallest absolute Gasteiger partial charge is 0.389 e. The molecule has 1 aliphatic rings. The quantitative estimate of drug-likeness (QED) is 0.537. The monoisotopic (exact) mass is 450 g/mol. The number of benzene rings is 1. The Balaban J connectivity index is 1.71. The number of aromatic nitrogens is 3. The highest BCUT2D eigenvalue weighted by molar-refractivity contribution is 5.96. The van der Waals surface area contributed by atoms with Gasteiger partial charge in [-0.25, -0.2) is 14.4 Å². The molecule has 3 heterocycles. The van der Waals surface area contributed by atoms with Gasteiger partial charge in [-0.3, -0.25) is 9.36 Å². The van der Waals surface area contributed by atoms with Gasteiger partial charge >= 0.3 is 6.18 Å². The summed E-state index contributed by atoms with van der Waals surface area (Å²) < 4.78 is 58.8. The summed E-state index contributed by atoms with van der Waals surface area (Å²) in [5, 5.41) is 0. The van der Waals surface area contributed by atoms with Crippen LogP contribution in [0.2, 0.25) is 0 Å². The van der Waals surface area contributed by atoms with Crippen molar-refractivity contribution in [3.05, 3.63) is 47.9 Å². The van der Waals surface area contributed by atoms with E-state index in [0.29, 0.717) is 35.7 Å². The standard InChI is InChI=1S/C22H22F4N4O2/c1-32-17-4-2-16(3-5-17)30-19(6-9-22(24,25)26)28-18-12-14(13-27-20(18)30)21(31)29-10-7-15(23)8-11-29/h2-5,12-13,15H,6-11H2,1H3. The van der Waals surface area contributed by atoms with Crippen molar-refractivity contribution in [1.29, 1.82) is 0 Å². The number of likely N-dealkylation sites (tertiary alicyclic amines) is 1. The number of nitrogens with zero attached hydrogens (tertiary/aromatic N) is 4. The van der Waals surface area contributed by atoms with Crippen LogP contribution in [0.25, 0.3) is 16.9 Å². The summed E-state index contributed by atoms with van der Waals surface area (Å²) in [5.41, 5.74) is 1.54. The van der Waals surface area contributed by atoms with Gasteiger partial charge in [-0.15, -0.1) is 0 Å². The van der Waals surface area contributed by atoms with Crippen molar-refractivity contribution in [2.45, 2.75) is 38.0 Å². The van der Waals surface area contributed by atoms with E-state index in [1.54, 1.807) is 33.7 Å². The molecular formula is C22H22F4N4O2. The second-order valence-corrected chi connectivity index (χ2v) is 7.71. The first-order valence-electron chi connectivity index (χ1n) is 10.3. The molecule has 1 fully saturated rings. The summed E-state index contributed by atoms with van der Waals surface area (Å²) in [7, 11) is 1.52. The van der Waals surface area contributed by atoms with Gasteiger partial charge in [0.1, 0.15) is 23.3 Å². The highest BCUT2D eigenvalue weighted by atomic mass is 19.4. The summed E-state index contributed by atoms with van der Waals surface area (Å²) in [4.78, 5) is 23.1. The molecule has 1 aromatic carbocycles. The number of methoxy groups -OCH3 is 1. The zero-order valence-corrected chi connectivity index (χ0v) is 17.4. The minimum Gasteiger partial charge on any atom is -0.497 e. The maximum atomic E-state index is 13.4. The van der Waals surface area contributed by atoms with Gasteiger partial charge in [0.05, 0.1) is 19.1 Å². The lowest BCUT2D eigenvalue weighted by Gasteiger charge is -2.28. The normalized spacial score (nSPS) is 15.3. The second kappa shape index (κ2) is 8.76. The number of imidazole rings is 1. The number of amides is 1. The largest absolute Gasteiger partial charge is 0.497 e. The molecule has 1 aliphatic heterocycles. The van der Waals surface area contributed by atoms with Gasteiger partial charge in [0.2, 0.25) is 0 Å². The van der Waals surface area contributed by atoms with E-state index in [9.17, 15) is 22.4 Å². The molecule has 0 aliphatic carbocycles. The summed E-state index contributed by atoms with van der Waals surface area (Å²) in [5.74, 6) is 0.507. The highest BCUT2D eigenvalue weighted by Crippen LogP contribution is 2.27. The van der Waals surface area contributed by atoms with Crippen LogP contribution in [0.3, 0.4) is 0 Å². The van der Waals surface area contributed by atoms with Crippen molar-refractivity contribution in [3.8, 4) is 11.4 Å². The predicted molar refractivity (Wildman–Crippen MR) is 110 cm³/mol. The Hall–Kier alpha value is -3.17. The first kappa shape index (κ1) is 22.0. The molecule has 0 saturated carbocycles. The number of fused-ring (bicyclic) bond motifs is 1. The van der Waals surface area contributed by atoms with Crippen LogP contribution in [0.4, 0.5) is 17.6 Å². The van der Waals surface area contributed by atoms with Gasteiger partial charge in [-0.1, -0.05) is 0 Å². The molecule has 3 aromatic rings. The van der Waals surface area contributed by atoms with Crippen molar-refractivity contribution >= 4 is 17.1 Å². The van der Waals surface area contributed by atoms with Gasteiger partial charge in [0.15, 0.2) is 5.65 Å². The lowest BCUT2D eigenvalue weighted by atomic mass is 10.1. The van der Waals surface area contributed by atoms with Crippen LogP contribution in [-0.4, -0.2) is 57.9 Å². The zero-order valence-electron chi connectivity index (χ0n) is 17.4.